The first-order valence-electron chi connectivity index (χ1n) is 8.02. The number of carbonyl (C=O) groups is 1. The predicted molar refractivity (Wildman–Crippen MR) is 96.3 cm³/mol. The molecule has 0 aliphatic heterocycles. The Kier molecular flexibility index (Phi) is 7.71. The van der Waals surface area contributed by atoms with Crippen LogP contribution in [0.25, 0.3) is 0 Å². The standard InChI is InChI=1S/C18H22N4O3/c23-12-10-22(11-13-24)14-18(25)19-15-6-8-17(9-7-15)21-20-16-4-2-1-3-5-16/h1-9,23-24H,10-14H2,(H,19,25). The zero-order chi connectivity index (χ0) is 17.9. The number of amides is 1. The minimum absolute atomic E-state index is 0.0611. The molecule has 0 saturated carbocycles. The Bertz CT molecular complexity index is 668. The predicted octanol–water partition coefficient (Wildman–Crippen LogP) is 2.33. The summed E-state index contributed by atoms with van der Waals surface area (Å²) in [6.07, 6.45) is 0. The van der Waals surface area contributed by atoms with Gasteiger partial charge in [0.25, 0.3) is 0 Å². The second-order valence-corrected chi connectivity index (χ2v) is 5.35. The molecule has 132 valence electrons. The van der Waals surface area contributed by atoms with Crippen molar-refractivity contribution in [2.75, 3.05) is 38.2 Å². The van der Waals surface area contributed by atoms with Crippen LogP contribution in [0.1, 0.15) is 0 Å². The molecule has 0 atom stereocenters. The molecule has 7 nitrogen and oxygen atoms in total. The van der Waals surface area contributed by atoms with E-state index in [9.17, 15) is 4.79 Å². The van der Waals surface area contributed by atoms with Crippen molar-refractivity contribution >= 4 is 23.0 Å². The first-order valence-corrected chi connectivity index (χ1v) is 8.02. The van der Waals surface area contributed by atoms with Gasteiger partial charge in [0, 0.05) is 18.8 Å². The molecule has 2 aromatic rings. The van der Waals surface area contributed by atoms with Crippen LogP contribution in [0.5, 0.6) is 0 Å². The normalized spacial score (nSPS) is 11.2. The van der Waals surface area contributed by atoms with E-state index in [-0.39, 0.29) is 25.7 Å². The van der Waals surface area contributed by atoms with Crippen LogP contribution in [0, 0.1) is 0 Å². The molecular weight excluding hydrogens is 320 g/mol. The van der Waals surface area contributed by atoms with Crippen molar-refractivity contribution in [3.05, 3.63) is 54.6 Å². The van der Waals surface area contributed by atoms with E-state index < -0.39 is 0 Å². The van der Waals surface area contributed by atoms with Gasteiger partial charge in [0.05, 0.1) is 31.1 Å². The highest BCUT2D eigenvalue weighted by Crippen LogP contribution is 2.19. The van der Waals surface area contributed by atoms with Crippen LogP contribution in [0.3, 0.4) is 0 Å². The largest absolute Gasteiger partial charge is 0.395 e. The zero-order valence-corrected chi connectivity index (χ0v) is 13.9. The van der Waals surface area contributed by atoms with Crippen molar-refractivity contribution in [2.45, 2.75) is 0 Å². The van der Waals surface area contributed by atoms with Crippen LogP contribution in [0.2, 0.25) is 0 Å². The first kappa shape index (κ1) is 18.7. The molecule has 0 heterocycles. The number of benzene rings is 2. The number of anilines is 1. The lowest BCUT2D eigenvalue weighted by Gasteiger charge is -2.19. The van der Waals surface area contributed by atoms with Crippen molar-refractivity contribution in [1.29, 1.82) is 0 Å². The lowest BCUT2D eigenvalue weighted by molar-refractivity contribution is -0.117. The molecule has 7 heteroatoms. The fourth-order valence-electron chi connectivity index (χ4n) is 2.18. The second-order valence-electron chi connectivity index (χ2n) is 5.35. The minimum Gasteiger partial charge on any atom is -0.395 e. The van der Waals surface area contributed by atoms with Gasteiger partial charge in [-0.1, -0.05) is 18.2 Å². The van der Waals surface area contributed by atoms with E-state index in [0.717, 1.165) is 5.69 Å². The van der Waals surface area contributed by atoms with E-state index in [0.29, 0.717) is 24.5 Å². The van der Waals surface area contributed by atoms with Gasteiger partial charge in [0.2, 0.25) is 5.91 Å². The van der Waals surface area contributed by atoms with Gasteiger partial charge in [0.1, 0.15) is 0 Å². The number of azo groups is 1. The summed E-state index contributed by atoms with van der Waals surface area (Å²) in [5.74, 6) is -0.208. The number of aliphatic hydroxyl groups is 2. The topological polar surface area (TPSA) is 97.5 Å². The van der Waals surface area contributed by atoms with E-state index in [1.807, 2.05) is 30.3 Å². The van der Waals surface area contributed by atoms with Crippen LogP contribution < -0.4 is 5.32 Å². The van der Waals surface area contributed by atoms with E-state index in [2.05, 4.69) is 15.5 Å². The van der Waals surface area contributed by atoms with Crippen LogP contribution in [0.15, 0.2) is 64.8 Å². The summed E-state index contributed by atoms with van der Waals surface area (Å²) in [6, 6.07) is 16.5. The SMILES string of the molecule is O=C(CN(CCO)CCO)Nc1ccc(N=Nc2ccccc2)cc1. The Labute approximate surface area is 146 Å². The molecule has 2 aromatic carbocycles. The molecule has 1 amide bonds. The van der Waals surface area contributed by atoms with Gasteiger partial charge in [-0.3, -0.25) is 9.69 Å². The van der Waals surface area contributed by atoms with Crippen molar-refractivity contribution < 1.29 is 15.0 Å². The summed E-state index contributed by atoms with van der Waals surface area (Å²) in [5, 5.41) is 29.0. The summed E-state index contributed by atoms with van der Waals surface area (Å²) >= 11 is 0. The van der Waals surface area contributed by atoms with Gasteiger partial charge in [-0.2, -0.15) is 10.2 Å². The molecule has 2 rings (SSSR count). The second kappa shape index (κ2) is 10.3. The lowest BCUT2D eigenvalue weighted by Crippen LogP contribution is -2.37. The maximum absolute atomic E-state index is 12.0. The maximum atomic E-state index is 12.0. The van der Waals surface area contributed by atoms with Gasteiger partial charge in [0.15, 0.2) is 0 Å². The smallest absolute Gasteiger partial charge is 0.238 e. The van der Waals surface area contributed by atoms with Crippen molar-refractivity contribution in [3.8, 4) is 0 Å². The molecule has 0 bridgehead atoms. The lowest BCUT2D eigenvalue weighted by atomic mass is 10.3. The summed E-state index contributed by atoms with van der Waals surface area (Å²) in [6.45, 7) is 0.666. The third-order valence-corrected chi connectivity index (χ3v) is 3.39. The molecule has 0 radical (unpaired) electrons. The molecule has 0 aliphatic carbocycles. The highest BCUT2D eigenvalue weighted by Gasteiger charge is 2.10. The van der Waals surface area contributed by atoms with E-state index in [4.69, 9.17) is 10.2 Å². The van der Waals surface area contributed by atoms with E-state index in [1.54, 1.807) is 29.2 Å². The monoisotopic (exact) mass is 342 g/mol. The van der Waals surface area contributed by atoms with Crippen LogP contribution in [0.4, 0.5) is 17.1 Å². The van der Waals surface area contributed by atoms with Crippen LogP contribution in [-0.2, 0) is 4.79 Å². The molecule has 0 saturated heterocycles. The highest BCUT2D eigenvalue weighted by atomic mass is 16.3. The molecule has 0 fully saturated rings. The van der Waals surface area contributed by atoms with E-state index >= 15 is 0 Å². The Hall–Kier alpha value is -2.61. The van der Waals surface area contributed by atoms with Gasteiger partial charge < -0.3 is 15.5 Å². The van der Waals surface area contributed by atoms with Gasteiger partial charge in [-0.05, 0) is 36.4 Å². The number of rotatable bonds is 9. The molecule has 3 N–H and O–H groups in total. The summed E-state index contributed by atoms with van der Waals surface area (Å²) in [5.41, 5.74) is 2.10. The fraction of sp³-hybridized carbons (Fsp3) is 0.278. The maximum Gasteiger partial charge on any atom is 0.238 e. The molecule has 0 spiro atoms. The van der Waals surface area contributed by atoms with Gasteiger partial charge >= 0.3 is 0 Å². The first-order chi connectivity index (χ1) is 12.2. The molecular formula is C18H22N4O3. The third kappa shape index (κ3) is 6.80. The number of hydrogen-bond donors (Lipinski definition) is 3. The van der Waals surface area contributed by atoms with Crippen molar-refractivity contribution in [3.63, 3.8) is 0 Å². The number of carbonyl (C=O) groups excluding carboxylic acids is 1. The van der Waals surface area contributed by atoms with Crippen LogP contribution in [-0.4, -0.2) is 53.9 Å². The van der Waals surface area contributed by atoms with Gasteiger partial charge in [-0.15, -0.1) is 0 Å². The number of aliphatic hydroxyl groups excluding tert-OH is 2. The molecule has 25 heavy (non-hydrogen) atoms. The quantitative estimate of drug-likeness (QED) is 0.609. The number of nitrogens with zero attached hydrogens (tertiary/aromatic N) is 3. The van der Waals surface area contributed by atoms with Gasteiger partial charge in [-0.25, -0.2) is 0 Å². The zero-order valence-electron chi connectivity index (χ0n) is 13.9. The Morgan fingerprint density at radius 2 is 1.44 bits per heavy atom. The number of hydrogen-bond acceptors (Lipinski definition) is 6. The van der Waals surface area contributed by atoms with Crippen molar-refractivity contribution in [1.82, 2.24) is 4.90 Å². The van der Waals surface area contributed by atoms with Crippen molar-refractivity contribution in [2.24, 2.45) is 10.2 Å². The summed E-state index contributed by atoms with van der Waals surface area (Å²) in [7, 11) is 0. The highest BCUT2D eigenvalue weighted by molar-refractivity contribution is 5.92. The number of nitrogens with one attached hydrogen (secondary N) is 1. The van der Waals surface area contributed by atoms with Crippen LogP contribution >= 0.6 is 0 Å². The average Bonchev–Trinajstić information content (AvgIpc) is 2.62. The summed E-state index contributed by atoms with van der Waals surface area (Å²) < 4.78 is 0. The Morgan fingerprint density at radius 3 is 2.00 bits per heavy atom. The molecule has 0 aliphatic rings. The summed E-state index contributed by atoms with van der Waals surface area (Å²) in [4.78, 5) is 13.7. The fourth-order valence-corrected chi connectivity index (χ4v) is 2.18. The van der Waals surface area contributed by atoms with E-state index in [1.165, 1.54) is 0 Å². The average molecular weight is 342 g/mol. The molecule has 0 unspecified atom stereocenters. The Morgan fingerprint density at radius 1 is 0.880 bits per heavy atom. The minimum atomic E-state index is -0.208. The Balaban J connectivity index is 1.89. The molecule has 0 aromatic heterocycles. The third-order valence-electron chi connectivity index (χ3n) is 3.39.